The van der Waals surface area contributed by atoms with Crippen LogP contribution in [0.4, 0.5) is 4.39 Å². The van der Waals surface area contributed by atoms with Gasteiger partial charge in [-0.1, -0.05) is 0 Å². The second kappa shape index (κ2) is 5.36. The zero-order valence-electron chi connectivity index (χ0n) is 10.5. The van der Waals surface area contributed by atoms with Crippen LogP contribution in [-0.4, -0.2) is 19.2 Å². The highest BCUT2D eigenvalue weighted by Gasteiger charge is 2.13. The van der Waals surface area contributed by atoms with Crippen molar-refractivity contribution in [2.24, 2.45) is 0 Å². The maximum atomic E-state index is 13.9. The Morgan fingerprint density at radius 3 is 2.58 bits per heavy atom. The summed E-state index contributed by atoms with van der Waals surface area (Å²) in [5.74, 6) is 0.248. The third-order valence-corrected chi connectivity index (χ3v) is 2.66. The summed E-state index contributed by atoms with van der Waals surface area (Å²) < 4.78 is 24.0. The number of hydrogen-bond donors (Lipinski definition) is 0. The minimum absolute atomic E-state index is 0.308. The second-order valence-electron chi connectivity index (χ2n) is 3.73. The summed E-state index contributed by atoms with van der Waals surface area (Å²) in [5, 5.41) is 8.85. The highest BCUT2D eigenvalue weighted by molar-refractivity contribution is 5.72. The highest BCUT2D eigenvalue weighted by atomic mass is 19.1. The van der Waals surface area contributed by atoms with Gasteiger partial charge >= 0.3 is 0 Å². The third kappa shape index (κ3) is 2.47. The Morgan fingerprint density at radius 1 is 1.16 bits per heavy atom. The molecule has 1 aromatic heterocycles. The first kappa shape index (κ1) is 12.8. The van der Waals surface area contributed by atoms with E-state index in [0.717, 1.165) is 6.20 Å². The molecule has 0 aliphatic carbocycles. The van der Waals surface area contributed by atoms with Gasteiger partial charge in [-0.15, -0.1) is 0 Å². The van der Waals surface area contributed by atoms with E-state index in [9.17, 15) is 4.39 Å². The number of methoxy groups -OCH3 is 2. The fraction of sp³-hybridized carbons (Fsp3) is 0.143. The molecule has 0 aliphatic rings. The monoisotopic (exact) mass is 258 g/mol. The van der Waals surface area contributed by atoms with Crippen LogP contribution in [0.25, 0.3) is 11.1 Å². The molecule has 0 N–H and O–H groups in total. The molecule has 0 saturated heterocycles. The number of pyridine rings is 1. The largest absolute Gasteiger partial charge is 0.496 e. The van der Waals surface area contributed by atoms with E-state index in [0.29, 0.717) is 28.3 Å². The molecule has 0 aliphatic heterocycles. The average Bonchev–Trinajstić information content (AvgIpc) is 2.47. The number of halogens is 1. The standard InChI is InChI=1S/C14H11FN2O2/c1-18-13-5-9(7-16)3-4-10(13)11-6-14(19-2)17-8-12(11)15/h3-6,8H,1-2H3. The molecule has 0 bridgehead atoms. The number of benzene rings is 1. The SMILES string of the molecule is COc1cc(-c2ccc(C#N)cc2OC)c(F)cn1. The summed E-state index contributed by atoms with van der Waals surface area (Å²) in [4.78, 5) is 3.78. The van der Waals surface area contributed by atoms with Crippen LogP contribution in [-0.2, 0) is 0 Å². The van der Waals surface area contributed by atoms with Gasteiger partial charge in [-0.25, -0.2) is 9.37 Å². The Hall–Kier alpha value is -2.61. The molecule has 1 aromatic carbocycles. The maximum Gasteiger partial charge on any atom is 0.213 e. The lowest BCUT2D eigenvalue weighted by molar-refractivity contribution is 0.396. The van der Waals surface area contributed by atoms with E-state index in [-0.39, 0.29) is 0 Å². The summed E-state index contributed by atoms with van der Waals surface area (Å²) in [6, 6.07) is 8.28. The van der Waals surface area contributed by atoms with Crippen molar-refractivity contribution in [3.05, 3.63) is 41.8 Å². The van der Waals surface area contributed by atoms with Gasteiger partial charge in [0.25, 0.3) is 0 Å². The summed E-state index contributed by atoms with van der Waals surface area (Å²) in [6.45, 7) is 0. The first-order valence-corrected chi connectivity index (χ1v) is 5.47. The molecular formula is C14H11FN2O2. The van der Waals surface area contributed by atoms with E-state index < -0.39 is 5.82 Å². The number of aromatic nitrogens is 1. The van der Waals surface area contributed by atoms with Gasteiger partial charge in [-0.05, 0) is 18.2 Å². The molecule has 0 unspecified atom stereocenters. The van der Waals surface area contributed by atoms with Crippen LogP contribution >= 0.6 is 0 Å². The van der Waals surface area contributed by atoms with Gasteiger partial charge in [0.2, 0.25) is 5.88 Å². The molecule has 4 nitrogen and oxygen atoms in total. The molecule has 19 heavy (non-hydrogen) atoms. The Kier molecular flexibility index (Phi) is 3.62. The van der Waals surface area contributed by atoms with Crippen molar-refractivity contribution in [3.8, 4) is 28.8 Å². The van der Waals surface area contributed by atoms with E-state index in [1.807, 2.05) is 6.07 Å². The van der Waals surface area contributed by atoms with Gasteiger partial charge < -0.3 is 9.47 Å². The Bertz CT molecular complexity index is 650. The maximum absolute atomic E-state index is 13.9. The molecule has 2 aromatic rings. The number of rotatable bonds is 3. The van der Waals surface area contributed by atoms with Crippen molar-refractivity contribution in [2.75, 3.05) is 14.2 Å². The lowest BCUT2D eigenvalue weighted by Gasteiger charge is -2.10. The summed E-state index contributed by atoms with van der Waals surface area (Å²) >= 11 is 0. The van der Waals surface area contributed by atoms with Gasteiger partial charge in [0, 0.05) is 17.2 Å². The molecular weight excluding hydrogens is 247 g/mol. The van der Waals surface area contributed by atoms with E-state index in [2.05, 4.69) is 4.98 Å². The fourth-order valence-corrected chi connectivity index (χ4v) is 1.72. The van der Waals surface area contributed by atoms with Crippen molar-refractivity contribution in [3.63, 3.8) is 0 Å². The van der Waals surface area contributed by atoms with Crippen LogP contribution in [0.3, 0.4) is 0 Å². The molecule has 0 radical (unpaired) electrons. The lowest BCUT2D eigenvalue weighted by Crippen LogP contribution is -1.94. The van der Waals surface area contributed by atoms with Gasteiger partial charge in [0.05, 0.1) is 32.0 Å². The van der Waals surface area contributed by atoms with Gasteiger partial charge in [0.15, 0.2) is 0 Å². The van der Waals surface area contributed by atoms with E-state index >= 15 is 0 Å². The lowest BCUT2D eigenvalue weighted by atomic mass is 10.0. The van der Waals surface area contributed by atoms with E-state index in [4.69, 9.17) is 14.7 Å². The van der Waals surface area contributed by atoms with Gasteiger partial charge in [0.1, 0.15) is 11.6 Å². The minimum atomic E-state index is -0.483. The van der Waals surface area contributed by atoms with Crippen LogP contribution in [0, 0.1) is 17.1 Å². The third-order valence-electron chi connectivity index (χ3n) is 2.66. The highest BCUT2D eigenvalue weighted by Crippen LogP contribution is 2.33. The van der Waals surface area contributed by atoms with Crippen LogP contribution < -0.4 is 9.47 Å². The molecule has 0 saturated carbocycles. The Morgan fingerprint density at radius 2 is 1.95 bits per heavy atom. The second-order valence-corrected chi connectivity index (χ2v) is 3.73. The van der Waals surface area contributed by atoms with Gasteiger partial charge in [-0.3, -0.25) is 0 Å². The molecule has 2 rings (SSSR count). The molecule has 96 valence electrons. The van der Waals surface area contributed by atoms with Crippen LogP contribution in [0.5, 0.6) is 11.6 Å². The predicted octanol–water partition coefficient (Wildman–Crippen LogP) is 2.78. The quantitative estimate of drug-likeness (QED) is 0.849. The minimum Gasteiger partial charge on any atom is -0.496 e. The topological polar surface area (TPSA) is 55.1 Å². The van der Waals surface area contributed by atoms with Crippen LogP contribution in [0.1, 0.15) is 5.56 Å². The number of nitriles is 1. The average molecular weight is 258 g/mol. The predicted molar refractivity (Wildman–Crippen MR) is 67.5 cm³/mol. The number of ether oxygens (including phenoxy) is 2. The summed E-state index contributed by atoms with van der Waals surface area (Å²) in [6.07, 6.45) is 1.09. The van der Waals surface area contributed by atoms with Crippen molar-refractivity contribution in [2.45, 2.75) is 0 Å². The van der Waals surface area contributed by atoms with Gasteiger partial charge in [-0.2, -0.15) is 5.26 Å². The molecule has 0 fully saturated rings. The first-order valence-electron chi connectivity index (χ1n) is 5.47. The molecule has 0 spiro atoms. The molecule has 1 heterocycles. The Labute approximate surface area is 110 Å². The fourth-order valence-electron chi connectivity index (χ4n) is 1.72. The zero-order valence-corrected chi connectivity index (χ0v) is 10.5. The number of nitrogens with zero attached hydrogens (tertiary/aromatic N) is 2. The zero-order chi connectivity index (χ0) is 13.8. The normalized spacial score (nSPS) is 9.79. The van der Waals surface area contributed by atoms with Crippen LogP contribution in [0.2, 0.25) is 0 Å². The molecule has 5 heteroatoms. The van der Waals surface area contributed by atoms with E-state index in [1.165, 1.54) is 20.3 Å². The van der Waals surface area contributed by atoms with Crippen molar-refractivity contribution in [1.82, 2.24) is 4.98 Å². The Balaban J connectivity index is 2.61. The first-order chi connectivity index (χ1) is 9.19. The summed E-state index contributed by atoms with van der Waals surface area (Å²) in [7, 11) is 2.93. The van der Waals surface area contributed by atoms with Crippen molar-refractivity contribution in [1.29, 1.82) is 5.26 Å². The van der Waals surface area contributed by atoms with Crippen LogP contribution in [0.15, 0.2) is 30.5 Å². The van der Waals surface area contributed by atoms with Crippen molar-refractivity contribution >= 4 is 0 Å². The smallest absolute Gasteiger partial charge is 0.213 e. The molecule has 0 amide bonds. The molecule has 0 atom stereocenters. The number of hydrogen-bond acceptors (Lipinski definition) is 4. The summed E-state index contributed by atoms with van der Waals surface area (Å²) in [5.41, 5.74) is 1.30. The van der Waals surface area contributed by atoms with E-state index in [1.54, 1.807) is 18.2 Å². The van der Waals surface area contributed by atoms with Crippen molar-refractivity contribution < 1.29 is 13.9 Å².